The van der Waals surface area contributed by atoms with Gasteiger partial charge in [0.1, 0.15) is 5.75 Å². The van der Waals surface area contributed by atoms with Crippen LogP contribution in [0.15, 0.2) is 48.5 Å². The minimum Gasteiger partial charge on any atom is -0.463 e. The van der Waals surface area contributed by atoms with Gasteiger partial charge in [-0.3, -0.25) is 0 Å². The van der Waals surface area contributed by atoms with Gasteiger partial charge in [-0.2, -0.15) is 0 Å². The zero-order valence-electron chi connectivity index (χ0n) is 23.1. The molecule has 0 amide bonds. The fourth-order valence-electron chi connectivity index (χ4n) is 5.00. The van der Waals surface area contributed by atoms with Crippen molar-refractivity contribution >= 4 is 17.9 Å². The second-order valence-electron chi connectivity index (χ2n) is 10.3. The lowest BCUT2D eigenvalue weighted by atomic mass is 9.77. The van der Waals surface area contributed by atoms with Gasteiger partial charge in [-0.15, -0.1) is 0 Å². The molecule has 2 aromatic carbocycles. The van der Waals surface area contributed by atoms with E-state index in [0.717, 1.165) is 31.6 Å². The summed E-state index contributed by atoms with van der Waals surface area (Å²) in [6.45, 7) is 6.18. The minimum atomic E-state index is -1.000. The fourth-order valence-corrected chi connectivity index (χ4v) is 5.00. The summed E-state index contributed by atoms with van der Waals surface area (Å²) >= 11 is 0. The Hall–Kier alpha value is -3.15. The van der Waals surface area contributed by atoms with Crippen LogP contribution in [0.5, 0.6) is 5.75 Å². The van der Waals surface area contributed by atoms with Crippen molar-refractivity contribution in [2.24, 2.45) is 5.92 Å². The summed E-state index contributed by atoms with van der Waals surface area (Å²) < 4.78 is 15.9. The summed E-state index contributed by atoms with van der Waals surface area (Å²) in [6.07, 6.45) is 10.6. The Morgan fingerprint density at radius 3 is 2.05 bits per heavy atom. The van der Waals surface area contributed by atoms with Crippen LogP contribution in [-0.2, 0) is 14.3 Å². The quantitative estimate of drug-likeness (QED) is 0.153. The SMILES string of the molecule is CCCCCCOC(=O)[C@@H](C)OC(=O)c1ccc(OC(=O)c2ccc(C3CCC(CCC)CC3)cc2)cc1. The molecule has 6 heteroatoms. The number of unbranched alkanes of at least 4 members (excludes halogenated alkanes) is 3. The van der Waals surface area contributed by atoms with Gasteiger partial charge in [0.25, 0.3) is 0 Å². The summed E-state index contributed by atoms with van der Waals surface area (Å²) in [5.74, 6) is 0.103. The van der Waals surface area contributed by atoms with Crippen LogP contribution in [0, 0.1) is 5.92 Å². The molecule has 1 atom stereocenters. The van der Waals surface area contributed by atoms with Crippen LogP contribution in [0.1, 0.15) is 117 Å². The molecule has 6 nitrogen and oxygen atoms in total. The van der Waals surface area contributed by atoms with Crippen molar-refractivity contribution < 1.29 is 28.6 Å². The van der Waals surface area contributed by atoms with E-state index in [1.54, 1.807) is 0 Å². The Kier molecular flexibility index (Phi) is 11.8. The molecule has 0 bridgehead atoms. The average Bonchev–Trinajstić information content (AvgIpc) is 2.94. The first kappa shape index (κ1) is 29.4. The number of carbonyl (C=O) groups excluding carboxylic acids is 3. The predicted octanol–water partition coefficient (Wildman–Crippen LogP) is 7.65. The molecule has 1 fully saturated rings. The normalized spacial score (nSPS) is 17.9. The van der Waals surface area contributed by atoms with E-state index in [0.29, 0.717) is 23.8 Å². The molecule has 0 heterocycles. The van der Waals surface area contributed by atoms with Gasteiger partial charge in [0.2, 0.25) is 0 Å². The van der Waals surface area contributed by atoms with Gasteiger partial charge in [-0.05, 0) is 92.8 Å². The van der Waals surface area contributed by atoms with Gasteiger partial charge in [-0.25, -0.2) is 14.4 Å². The molecule has 0 aliphatic heterocycles. The smallest absolute Gasteiger partial charge is 0.347 e. The van der Waals surface area contributed by atoms with E-state index in [9.17, 15) is 14.4 Å². The van der Waals surface area contributed by atoms with Gasteiger partial charge >= 0.3 is 17.9 Å². The average molecular weight is 523 g/mol. The van der Waals surface area contributed by atoms with Gasteiger partial charge < -0.3 is 14.2 Å². The first-order valence-corrected chi connectivity index (χ1v) is 14.2. The van der Waals surface area contributed by atoms with Crippen LogP contribution >= 0.6 is 0 Å². The summed E-state index contributed by atoms with van der Waals surface area (Å²) in [5.41, 5.74) is 2.03. The van der Waals surface area contributed by atoms with Gasteiger partial charge in [0.15, 0.2) is 6.10 Å². The first-order chi connectivity index (χ1) is 18.4. The van der Waals surface area contributed by atoms with Crippen molar-refractivity contribution in [1.29, 1.82) is 0 Å². The number of rotatable bonds is 13. The van der Waals surface area contributed by atoms with E-state index in [2.05, 4.69) is 13.8 Å². The molecular weight excluding hydrogens is 480 g/mol. The Bertz CT molecular complexity index is 1020. The molecule has 2 aromatic rings. The number of hydrogen-bond acceptors (Lipinski definition) is 6. The highest BCUT2D eigenvalue weighted by Gasteiger charge is 2.23. The standard InChI is InChI=1S/C32H42O6/c1-4-6-7-8-22-36-30(33)23(3)37-31(34)28-18-20-29(21-19-28)38-32(35)27-16-14-26(15-17-27)25-12-10-24(9-5-2)11-13-25/h14-21,23-25H,4-13,22H2,1-3H3/t23-,24?,25?/m1/s1. The van der Waals surface area contributed by atoms with Gasteiger partial charge in [0.05, 0.1) is 17.7 Å². The topological polar surface area (TPSA) is 78.9 Å². The van der Waals surface area contributed by atoms with E-state index in [1.165, 1.54) is 75.3 Å². The molecule has 0 spiro atoms. The predicted molar refractivity (Wildman–Crippen MR) is 147 cm³/mol. The van der Waals surface area contributed by atoms with Crippen LogP contribution in [0.4, 0.5) is 0 Å². The molecule has 1 saturated carbocycles. The monoisotopic (exact) mass is 522 g/mol. The Morgan fingerprint density at radius 1 is 0.789 bits per heavy atom. The molecule has 1 aliphatic carbocycles. The maximum absolute atomic E-state index is 12.6. The number of hydrogen-bond donors (Lipinski definition) is 0. The van der Waals surface area contributed by atoms with E-state index < -0.39 is 24.0 Å². The maximum Gasteiger partial charge on any atom is 0.347 e. The summed E-state index contributed by atoms with van der Waals surface area (Å²) in [5, 5.41) is 0. The van der Waals surface area contributed by atoms with E-state index in [1.807, 2.05) is 24.3 Å². The van der Waals surface area contributed by atoms with Gasteiger partial charge in [-0.1, -0.05) is 58.1 Å². The highest BCUT2D eigenvalue weighted by Crippen LogP contribution is 2.37. The molecule has 38 heavy (non-hydrogen) atoms. The van der Waals surface area contributed by atoms with Crippen LogP contribution in [-0.4, -0.2) is 30.6 Å². The Balaban J connectivity index is 1.45. The molecule has 206 valence electrons. The molecule has 0 radical (unpaired) electrons. The third kappa shape index (κ3) is 9.00. The fraction of sp³-hybridized carbons (Fsp3) is 0.531. The summed E-state index contributed by atoms with van der Waals surface area (Å²) in [6, 6.07) is 13.8. The van der Waals surface area contributed by atoms with E-state index >= 15 is 0 Å². The minimum absolute atomic E-state index is 0.255. The number of carbonyl (C=O) groups is 3. The van der Waals surface area contributed by atoms with Crippen molar-refractivity contribution in [2.45, 2.75) is 97.0 Å². The zero-order valence-corrected chi connectivity index (χ0v) is 23.1. The molecule has 1 aliphatic rings. The van der Waals surface area contributed by atoms with Crippen molar-refractivity contribution in [1.82, 2.24) is 0 Å². The van der Waals surface area contributed by atoms with Crippen LogP contribution in [0.25, 0.3) is 0 Å². The van der Waals surface area contributed by atoms with Crippen molar-refractivity contribution in [3.05, 3.63) is 65.2 Å². The van der Waals surface area contributed by atoms with Crippen LogP contribution < -0.4 is 4.74 Å². The highest BCUT2D eigenvalue weighted by atomic mass is 16.6. The number of benzene rings is 2. The third-order valence-electron chi connectivity index (χ3n) is 7.32. The highest BCUT2D eigenvalue weighted by molar-refractivity contribution is 5.92. The van der Waals surface area contributed by atoms with Crippen LogP contribution in [0.3, 0.4) is 0 Å². The molecule has 0 unspecified atom stereocenters. The molecule has 3 rings (SSSR count). The molecule has 0 aromatic heterocycles. The summed E-state index contributed by atoms with van der Waals surface area (Å²) in [7, 11) is 0. The van der Waals surface area contributed by atoms with Crippen molar-refractivity contribution in [3.63, 3.8) is 0 Å². The number of ether oxygens (including phenoxy) is 3. The van der Waals surface area contributed by atoms with Gasteiger partial charge in [0, 0.05) is 0 Å². The summed E-state index contributed by atoms with van der Waals surface area (Å²) in [4.78, 5) is 37.1. The van der Waals surface area contributed by atoms with E-state index in [-0.39, 0.29) is 5.56 Å². The van der Waals surface area contributed by atoms with Crippen molar-refractivity contribution in [2.75, 3.05) is 6.61 Å². The third-order valence-corrected chi connectivity index (χ3v) is 7.32. The largest absolute Gasteiger partial charge is 0.463 e. The lowest BCUT2D eigenvalue weighted by molar-refractivity contribution is -0.153. The Morgan fingerprint density at radius 2 is 1.42 bits per heavy atom. The lowest BCUT2D eigenvalue weighted by Gasteiger charge is -2.28. The molecule has 0 saturated heterocycles. The molecular formula is C32H42O6. The Labute approximate surface area is 227 Å². The maximum atomic E-state index is 12.6. The zero-order chi connectivity index (χ0) is 27.3. The second kappa shape index (κ2) is 15.3. The number of esters is 3. The van der Waals surface area contributed by atoms with Crippen molar-refractivity contribution in [3.8, 4) is 5.75 Å². The van der Waals surface area contributed by atoms with Crippen LogP contribution in [0.2, 0.25) is 0 Å². The van der Waals surface area contributed by atoms with E-state index in [4.69, 9.17) is 14.2 Å². The lowest BCUT2D eigenvalue weighted by Crippen LogP contribution is -2.26. The molecule has 0 N–H and O–H groups in total. The second-order valence-corrected chi connectivity index (χ2v) is 10.3. The first-order valence-electron chi connectivity index (χ1n) is 14.2.